The van der Waals surface area contributed by atoms with E-state index in [4.69, 9.17) is 42.7 Å². The number of carbonyl (C=O) groups is 6. The summed E-state index contributed by atoms with van der Waals surface area (Å²) in [5.41, 5.74) is -4.61. The lowest BCUT2D eigenvalue weighted by Gasteiger charge is -2.37. The summed E-state index contributed by atoms with van der Waals surface area (Å²) < 4.78 is 44.9. The van der Waals surface area contributed by atoms with Crippen LogP contribution in [0.1, 0.15) is 148 Å². The molecule has 0 aliphatic carbocycles. The molecule has 0 radical (unpaired) electrons. The third-order valence-corrected chi connectivity index (χ3v) is 15.6. The highest BCUT2D eigenvalue weighted by Crippen LogP contribution is 2.51. The van der Waals surface area contributed by atoms with E-state index in [2.05, 4.69) is 49.0 Å². The molecule has 6 fully saturated rings. The normalized spacial score (nSPS) is 28.6. The van der Waals surface area contributed by atoms with E-state index in [1.54, 1.807) is 46.4 Å². The van der Waals surface area contributed by atoms with Crippen LogP contribution in [0.5, 0.6) is 0 Å². The Morgan fingerprint density at radius 3 is 1.55 bits per heavy atom. The van der Waals surface area contributed by atoms with E-state index < -0.39 is 56.9 Å². The van der Waals surface area contributed by atoms with Crippen molar-refractivity contribution in [1.82, 2.24) is 26.2 Å². The number of carboxylic acid groups (broad SMARTS) is 1. The first-order valence-electron chi connectivity index (χ1n) is 25.3. The Labute approximate surface area is 423 Å². The fourth-order valence-electron chi connectivity index (χ4n) is 10.6. The molecule has 2 amide bonds. The average Bonchev–Trinajstić information content (AvgIpc) is 4.03. The zero-order chi connectivity index (χ0) is 53.7. The van der Waals surface area contributed by atoms with Crippen molar-refractivity contribution in [3.05, 3.63) is 0 Å². The molecule has 0 aromatic carbocycles. The molecular weight excluding hydrogens is 920 g/mol. The van der Waals surface area contributed by atoms with Gasteiger partial charge in [-0.3, -0.25) is 19.7 Å². The van der Waals surface area contributed by atoms with Crippen molar-refractivity contribution >= 4 is 50.1 Å². The van der Waals surface area contributed by atoms with Gasteiger partial charge in [-0.2, -0.15) is 0 Å². The van der Waals surface area contributed by atoms with Crippen LogP contribution in [-0.2, 0) is 61.5 Å². The highest BCUT2D eigenvalue weighted by molar-refractivity contribution is 6.45. The number of nitrogens with one attached hydrogen (secondary N) is 4. The number of rotatable bonds is 15. The third kappa shape index (κ3) is 14.0. The Hall–Kier alpha value is -3.53. The van der Waals surface area contributed by atoms with Crippen molar-refractivity contribution in [2.75, 3.05) is 60.0 Å². The molecule has 0 saturated carbocycles. The van der Waals surface area contributed by atoms with Crippen LogP contribution in [0.2, 0.25) is 12.6 Å². The van der Waals surface area contributed by atoms with Gasteiger partial charge in [-0.05, 0) is 148 Å². The number of alkyl carbamates (subject to hydrolysis) is 1. The summed E-state index contributed by atoms with van der Waals surface area (Å²) in [6.07, 6.45) is 5.83. The third-order valence-electron chi connectivity index (χ3n) is 15.6. The summed E-state index contributed by atoms with van der Waals surface area (Å²) in [6, 6.07) is 0. The van der Waals surface area contributed by atoms with Crippen LogP contribution in [0, 0.1) is 10.8 Å². The number of esters is 3. The molecule has 404 valence electrons. The Balaban J connectivity index is 0.000000262. The first-order chi connectivity index (χ1) is 32.6. The van der Waals surface area contributed by atoms with Crippen molar-refractivity contribution in [3.63, 3.8) is 0 Å². The lowest BCUT2D eigenvalue weighted by Crippen LogP contribution is -2.58. The molecule has 0 unspecified atom stereocenters. The number of nitrogens with zero attached hydrogens (tertiary/aromatic N) is 1. The van der Waals surface area contributed by atoms with Gasteiger partial charge in [0.2, 0.25) is 5.91 Å². The molecule has 6 heterocycles. The topological polar surface area (TPSA) is 248 Å². The van der Waals surface area contributed by atoms with E-state index in [1.807, 2.05) is 27.7 Å². The second kappa shape index (κ2) is 22.5. The molecular formula is C49H87B2N5O15. The van der Waals surface area contributed by atoms with E-state index in [9.17, 15) is 28.8 Å². The van der Waals surface area contributed by atoms with Crippen LogP contribution in [0.4, 0.5) is 4.79 Å². The van der Waals surface area contributed by atoms with Crippen LogP contribution < -0.4 is 21.3 Å². The van der Waals surface area contributed by atoms with Gasteiger partial charge >= 0.3 is 44.2 Å². The fraction of sp³-hybridized carbons (Fsp3) is 0.878. The molecule has 5 N–H and O–H groups in total. The monoisotopic (exact) mass is 1010 g/mol. The van der Waals surface area contributed by atoms with Crippen molar-refractivity contribution < 1.29 is 71.4 Å². The molecule has 22 heteroatoms. The average molecular weight is 1010 g/mol. The Morgan fingerprint density at radius 2 is 1.08 bits per heavy atom. The molecule has 6 rings (SSSR count). The lowest BCUT2D eigenvalue weighted by atomic mass is 9.67. The number of aliphatic carboxylic acids is 1. The number of hydrogen-bond acceptors (Lipinski definition) is 17. The van der Waals surface area contributed by atoms with Crippen molar-refractivity contribution in [3.8, 4) is 0 Å². The van der Waals surface area contributed by atoms with Gasteiger partial charge in [-0.25, -0.2) is 14.4 Å². The van der Waals surface area contributed by atoms with Crippen LogP contribution in [0.3, 0.4) is 0 Å². The van der Waals surface area contributed by atoms with Gasteiger partial charge in [0.25, 0.3) is 0 Å². The maximum atomic E-state index is 13.0. The highest BCUT2D eigenvalue weighted by Gasteiger charge is 2.66. The van der Waals surface area contributed by atoms with E-state index in [-0.39, 0.29) is 74.6 Å². The molecule has 0 aromatic rings. The van der Waals surface area contributed by atoms with E-state index in [0.717, 1.165) is 51.5 Å². The maximum absolute atomic E-state index is 13.0. The lowest BCUT2D eigenvalue weighted by molar-refractivity contribution is -0.157. The summed E-state index contributed by atoms with van der Waals surface area (Å²) in [7, 11) is 2.38. The van der Waals surface area contributed by atoms with Gasteiger partial charge in [-0.1, -0.05) is 12.8 Å². The molecule has 0 spiro atoms. The Bertz CT molecular complexity index is 1880. The highest BCUT2D eigenvalue weighted by atomic mass is 16.7. The van der Waals surface area contributed by atoms with Crippen molar-refractivity contribution in [2.45, 2.75) is 206 Å². The number of ether oxygens (including phenoxy) is 4. The van der Waals surface area contributed by atoms with Gasteiger partial charge in [-0.15, -0.1) is 0 Å². The summed E-state index contributed by atoms with van der Waals surface area (Å²) in [5.74, 6) is -2.21. The van der Waals surface area contributed by atoms with E-state index in [0.29, 0.717) is 32.4 Å². The summed E-state index contributed by atoms with van der Waals surface area (Å²) >= 11 is 0. The minimum Gasteiger partial charge on any atom is -0.481 e. The van der Waals surface area contributed by atoms with Crippen LogP contribution in [0.25, 0.3) is 0 Å². The molecule has 6 aliphatic rings. The minimum atomic E-state index is -0.985. The number of likely N-dealkylation sites (tertiary alicyclic amines) is 1. The second-order valence-electron chi connectivity index (χ2n) is 24.1. The summed E-state index contributed by atoms with van der Waals surface area (Å²) in [5, 5.41) is 21.0. The largest absolute Gasteiger partial charge is 0.481 e. The van der Waals surface area contributed by atoms with E-state index >= 15 is 0 Å². The number of fused-ring (bicyclic) bond motifs is 2. The molecule has 20 nitrogen and oxygen atoms in total. The predicted molar refractivity (Wildman–Crippen MR) is 266 cm³/mol. The Morgan fingerprint density at radius 1 is 0.634 bits per heavy atom. The standard InChI is InChI=1S/C24H42BN3O7.C17H31BN2O4.C8H14O4/c1-20(2,3)33-19(31)26-14-17(29)28-15-23(11-13-27-24(23,16-28)18(30)32-8)10-9-12-25-34-21(4,5)22(6,7)35-25;1-14(2)15(3,4)24-18(23-14)9-6-7-16-8-10-20-17(16,12-19-11-16)13(21)22-5;1-8(2,3)12-7(11)5-4-6(9)10/h27H,9-16H2,1-8H3,(H,26,31);19-20H,6-12H2,1-5H3;4-5H2,1-3H3,(H,9,10)/t23-,24-;16-,17-;/m11./s1. The van der Waals surface area contributed by atoms with Crippen LogP contribution in [-0.4, -0.2) is 165 Å². The summed E-state index contributed by atoms with van der Waals surface area (Å²) in [6.45, 7) is 30.4. The van der Waals surface area contributed by atoms with Gasteiger partial charge in [0.15, 0.2) is 0 Å². The number of carbonyl (C=O) groups excluding carboxylic acids is 5. The Kier molecular flexibility index (Phi) is 19.0. The van der Waals surface area contributed by atoms with Gasteiger partial charge < -0.3 is 63.5 Å². The van der Waals surface area contributed by atoms with Crippen LogP contribution >= 0.6 is 0 Å². The van der Waals surface area contributed by atoms with Gasteiger partial charge in [0.05, 0.1) is 56.0 Å². The zero-order valence-electron chi connectivity index (χ0n) is 45.8. The molecule has 6 aliphatic heterocycles. The first-order valence-corrected chi connectivity index (χ1v) is 25.3. The number of amides is 2. The number of hydrogen-bond donors (Lipinski definition) is 5. The van der Waals surface area contributed by atoms with Crippen molar-refractivity contribution in [2.24, 2.45) is 10.8 Å². The SMILES string of the molecule is CC(C)(C)OC(=O)CCC(=O)O.COC(=O)[C@]12CN(C(=O)CNC(=O)OC(C)(C)C)C[C@@]1(CCCB1OC(C)(C)C(C)(C)O1)CCN2.COC(=O)[C@]12CNC[C@@]1(CCCB1OC(C)(C)C(C)(C)O1)CCN2. The molecule has 0 bridgehead atoms. The second-order valence-corrected chi connectivity index (χ2v) is 24.1. The van der Waals surface area contributed by atoms with Gasteiger partial charge in [0, 0.05) is 30.5 Å². The first kappa shape index (κ1) is 60.0. The predicted octanol–water partition coefficient (Wildman–Crippen LogP) is 4.66. The minimum absolute atomic E-state index is 0.0629. The van der Waals surface area contributed by atoms with Crippen molar-refractivity contribution in [1.29, 1.82) is 0 Å². The molecule has 71 heavy (non-hydrogen) atoms. The summed E-state index contributed by atoms with van der Waals surface area (Å²) in [4.78, 5) is 73.1. The fourth-order valence-corrected chi connectivity index (χ4v) is 10.6. The maximum Gasteiger partial charge on any atom is 0.457 e. The molecule has 4 atom stereocenters. The van der Waals surface area contributed by atoms with Gasteiger partial charge in [0.1, 0.15) is 28.8 Å². The molecule has 0 aromatic heterocycles. The van der Waals surface area contributed by atoms with Crippen LogP contribution in [0.15, 0.2) is 0 Å². The van der Waals surface area contributed by atoms with E-state index in [1.165, 1.54) is 14.2 Å². The quantitative estimate of drug-likeness (QED) is 0.0850. The zero-order valence-corrected chi connectivity index (χ0v) is 45.8. The number of carboxylic acids is 1. The smallest absolute Gasteiger partial charge is 0.457 e. The molecule has 6 saturated heterocycles. The number of methoxy groups -OCH3 is 2.